The summed E-state index contributed by atoms with van der Waals surface area (Å²) in [7, 11) is 0. The van der Waals surface area contributed by atoms with Crippen molar-refractivity contribution < 1.29 is 9.35 Å². The smallest absolute Gasteiger partial charge is 0.152 e. The molecule has 14 heavy (non-hydrogen) atoms. The van der Waals surface area contributed by atoms with Gasteiger partial charge in [0.25, 0.3) is 0 Å². The first kappa shape index (κ1) is 13.7. The lowest BCUT2D eigenvalue weighted by atomic mass is 10.3. The molecule has 2 unspecified atom stereocenters. The van der Waals surface area contributed by atoms with E-state index < -0.39 is 11.2 Å². The van der Waals surface area contributed by atoms with Crippen LogP contribution in [0.15, 0.2) is 12.2 Å². The van der Waals surface area contributed by atoms with E-state index in [0.717, 1.165) is 25.0 Å². The van der Waals surface area contributed by atoms with E-state index in [2.05, 4.69) is 6.92 Å². The average molecular weight is 216 g/mol. The molecule has 0 aliphatic heterocycles. The number of carbonyl (C=O) groups is 1. The summed E-state index contributed by atoms with van der Waals surface area (Å²) >= 11 is -0.742. The molecule has 0 radical (unpaired) electrons. The molecule has 0 aliphatic carbocycles. The van der Waals surface area contributed by atoms with E-state index in [1.165, 1.54) is 6.92 Å². The van der Waals surface area contributed by atoms with Crippen LogP contribution < -0.4 is 0 Å². The molecule has 0 spiro atoms. The van der Waals surface area contributed by atoms with Crippen LogP contribution in [0.5, 0.6) is 0 Å². The zero-order chi connectivity index (χ0) is 11.0. The predicted molar refractivity (Wildman–Crippen MR) is 61.8 cm³/mol. The van der Waals surface area contributed by atoms with Crippen molar-refractivity contribution in [3.8, 4) is 0 Å². The van der Waals surface area contributed by atoms with Crippen LogP contribution in [-0.2, 0) is 16.0 Å². The zero-order valence-corrected chi connectivity index (χ0v) is 10.1. The van der Waals surface area contributed by atoms with Gasteiger partial charge in [0.15, 0.2) is 5.78 Å². The first-order valence-corrected chi connectivity index (χ1v) is 6.50. The molecule has 0 fully saturated rings. The Morgan fingerprint density at radius 1 is 1.57 bits per heavy atom. The maximum atomic E-state index is 11.6. The first-order chi connectivity index (χ1) is 6.57. The van der Waals surface area contributed by atoms with Crippen molar-refractivity contribution >= 4 is 17.0 Å². The minimum Gasteiger partial charge on any atom is -0.616 e. The van der Waals surface area contributed by atoms with Crippen molar-refractivity contribution in [3.05, 3.63) is 12.2 Å². The molecule has 0 amide bonds. The highest BCUT2D eigenvalue weighted by molar-refractivity contribution is 7.91. The van der Waals surface area contributed by atoms with Gasteiger partial charge in [-0.25, -0.2) is 0 Å². The molecule has 2 nitrogen and oxygen atoms in total. The van der Waals surface area contributed by atoms with Gasteiger partial charge in [0.2, 0.25) is 0 Å². The monoisotopic (exact) mass is 216 g/mol. The van der Waals surface area contributed by atoms with E-state index in [9.17, 15) is 9.35 Å². The molecule has 0 bridgehead atoms. The summed E-state index contributed by atoms with van der Waals surface area (Å²) in [5.41, 5.74) is 0. The Balaban J connectivity index is 3.71. The van der Waals surface area contributed by atoms with Gasteiger partial charge in [0, 0.05) is 6.42 Å². The maximum absolute atomic E-state index is 11.6. The largest absolute Gasteiger partial charge is 0.616 e. The lowest BCUT2D eigenvalue weighted by molar-refractivity contribution is -0.112. The molecule has 0 N–H and O–H groups in total. The Hall–Kier alpha value is -0.280. The van der Waals surface area contributed by atoms with Crippen LogP contribution >= 0.6 is 0 Å². The van der Waals surface area contributed by atoms with Crippen LogP contribution in [-0.4, -0.2) is 21.3 Å². The van der Waals surface area contributed by atoms with Crippen molar-refractivity contribution in [1.82, 2.24) is 0 Å². The molecule has 0 saturated heterocycles. The Morgan fingerprint density at radius 3 is 2.71 bits per heavy atom. The normalized spacial score (nSPS) is 15.7. The molecular weight excluding hydrogens is 196 g/mol. The second-order valence-corrected chi connectivity index (χ2v) is 5.47. The summed E-state index contributed by atoms with van der Waals surface area (Å²) in [5.74, 6) is 0.836. The van der Waals surface area contributed by atoms with Gasteiger partial charge in [-0.2, -0.15) is 0 Å². The number of carbonyl (C=O) groups excluding carboxylic acids is 1. The highest BCUT2D eigenvalue weighted by atomic mass is 32.2. The lowest BCUT2D eigenvalue weighted by Gasteiger charge is -2.16. The molecule has 0 saturated carbocycles. The van der Waals surface area contributed by atoms with E-state index in [-0.39, 0.29) is 11.0 Å². The summed E-state index contributed by atoms with van der Waals surface area (Å²) in [5, 5.41) is 0.164. The molecule has 0 rings (SSSR count). The van der Waals surface area contributed by atoms with Gasteiger partial charge in [0.1, 0.15) is 11.0 Å². The predicted octanol–water partition coefficient (Wildman–Crippen LogP) is 2.46. The molecule has 0 aliphatic rings. The van der Waals surface area contributed by atoms with Crippen molar-refractivity contribution in [2.75, 3.05) is 5.75 Å². The first-order valence-electron chi connectivity index (χ1n) is 5.12. The number of hydrogen-bond donors (Lipinski definition) is 0. The van der Waals surface area contributed by atoms with E-state index in [1.807, 2.05) is 13.0 Å². The highest BCUT2D eigenvalue weighted by Crippen LogP contribution is 2.09. The minimum absolute atomic E-state index is 0.0524. The van der Waals surface area contributed by atoms with Crippen LogP contribution in [0.4, 0.5) is 0 Å². The van der Waals surface area contributed by atoms with Crippen LogP contribution in [0, 0.1) is 0 Å². The quantitative estimate of drug-likeness (QED) is 0.484. The van der Waals surface area contributed by atoms with E-state index in [1.54, 1.807) is 6.08 Å². The van der Waals surface area contributed by atoms with E-state index in [0.29, 0.717) is 0 Å². The fourth-order valence-corrected chi connectivity index (χ4v) is 2.32. The van der Waals surface area contributed by atoms with Crippen molar-refractivity contribution in [3.63, 3.8) is 0 Å². The topological polar surface area (TPSA) is 40.1 Å². The molecular formula is C11H20O2S. The Morgan fingerprint density at radius 2 is 2.21 bits per heavy atom. The fourth-order valence-electron chi connectivity index (χ4n) is 1.02. The van der Waals surface area contributed by atoms with Crippen LogP contribution in [0.3, 0.4) is 0 Å². The summed E-state index contributed by atoms with van der Waals surface area (Å²) < 4.78 is 11.6. The van der Waals surface area contributed by atoms with Crippen molar-refractivity contribution in [2.45, 2.75) is 45.3 Å². The SMILES string of the molecule is CCCC[S+]([O-])C(C)C/C=C/C(C)=O. The van der Waals surface area contributed by atoms with Gasteiger partial charge in [-0.15, -0.1) is 0 Å². The summed E-state index contributed by atoms with van der Waals surface area (Å²) in [6.07, 6.45) is 6.20. The minimum atomic E-state index is -0.742. The second-order valence-electron chi connectivity index (χ2n) is 3.50. The Kier molecular flexibility index (Phi) is 7.90. The lowest BCUT2D eigenvalue weighted by Crippen LogP contribution is -2.20. The molecule has 0 heterocycles. The molecule has 0 aromatic rings. The number of hydrogen-bond acceptors (Lipinski definition) is 2. The van der Waals surface area contributed by atoms with E-state index in [4.69, 9.17) is 0 Å². The maximum Gasteiger partial charge on any atom is 0.152 e. The Labute approximate surface area is 90.0 Å². The molecule has 82 valence electrons. The van der Waals surface area contributed by atoms with Gasteiger partial charge in [-0.05, 0) is 26.3 Å². The molecule has 0 aromatic heterocycles. The van der Waals surface area contributed by atoms with Gasteiger partial charge >= 0.3 is 0 Å². The summed E-state index contributed by atoms with van der Waals surface area (Å²) in [4.78, 5) is 10.6. The van der Waals surface area contributed by atoms with E-state index >= 15 is 0 Å². The van der Waals surface area contributed by atoms with Gasteiger partial charge in [-0.1, -0.05) is 30.6 Å². The standard InChI is InChI=1S/C11H20O2S/c1-4-5-9-14(13)11(3)8-6-7-10(2)12/h6-7,11H,4-5,8-9H2,1-3H3/b7-6+. The molecule has 0 aromatic carbocycles. The third kappa shape index (κ3) is 7.15. The number of allylic oxidation sites excluding steroid dienone is 2. The second kappa shape index (κ2) is 8.06. The van der Waals surface area contributed by atoms with Gasteiger partial charge in [-0.3, -0.25) is 4.79 Å². The third-order valence-corrected chi connectivity index (χ3v) is 3.75. The van der Waals surface area contributed by atoms with Gasteiger partial charge in [0.05, 0.1) is 0 Å². The number of unbranched alkanes of at least 4 members (excludes halogenated alkanes) is 1. The third-order valence-electron chi connectivity index (χ3n) is 1.97. The molecule has 2 atom stereocenters. The summed E-state index contributed by atoms with van der Waals surface area (Å²) in [6, 6.07) is 0. The van der Waals surface area contributed by atoms with Crippen LogP contribution in [0.25, 0.3) is 0 Å². The summed E-state index contributed by atoms with van der Waals surface area (Å²) in [6.45, 7) is 5.59. The zero-order valence-electron chi connectivity index (χ0n) is 9.29. The number of ketones is 1. The Bertz CT molecular complexity index is 190. The van der Waals surface area contributed by atoms with Crippen LogP contribution in [0.2, 0.25) is 0 Å². The van der Waals surface area contributed by atoms with Gasteiger partial charge < -0.3 is 4.55 Å². The van der Waals surface area contributed by atoms with Crippen molar-refractivity contribution in [1.29, 1.82) is 0 Å². The average Bonchev–Trinajstić information content (AvgIpc) is 2.13. The molecule has 3 heteroatoms. The fraction of sp³-hybridized carbons (Fsp3) is 0.727. The van der Waals surface area contributed by atoms with Crippen LogP contribution in [0.1, 0.15) is 40.0 Å². The van der Waals surface area contributed by atoms with Crippen molar-refractivity contribution in [2.24, 2.45) is 0 Å². The number of rotatable bonds is 7. The highest BCUT2D eigenvalue weighted by Gasteiger charge is 2.14.